The standard InChI is InChI=1S/C19H18BrN3O2.C11H14BrN3.H4N2.H2O/c1-22-8-6-12(7-9-22)17-16(10-13(20)11-21-17)23-18(24)14-4-2-3-5-15(14)19(23)25;1-15-4-2-8(3-5-15)11-10(13)6-9(12)7-14-11;1-2;/h2-6,10-11,17,21H,7-9H2,1H3;2,6-7H,3-5,13H2,1H3;1-2H2;1H2. The van der Waals surface area contributed by atoms with Crippen molar-refractivity contribution in [3.05, 3.63) is 98.0 Å². The molecule has 1 aromatic carbocycles. The number of nitrogens with zero attached hydrogens (tertiary/aromatic N) is 4. The Bertz CT molecular complexity index is 1440. The first kappa shape index (κ1) is 34.3. The van der Waals surface area contributed by atoms with Gasteiger partial charge >= 0.3 is 0 Å². The lowest BCUT2D eigenvalue weighted by Crippen LogP contribution is -2.43. The minimum absolute atomic E-state index is 0. The summed E-state index contributed by atoms with van der Waals surface area (Å²) in [6.45, 7) is 3.88. The highest BCUT2D eigenvalue weighted by Gasteiger charge is 2.41. The van der Waals surface area contributed by atoms with Crippen molar-refractivity contribution in [1.82, 2.24) is 25.0 Å². The Hall–Kier alpha value is -3.17. The molecule has 43 heavy (non-hydrogen) atoms. The van der Waals surface area contributed by atoms with Crippen molar-refractivity contribution in [1.29, 1.82) is 0 Å². The molecule has 0 fully saturated rings. The molecule has 1 atom stereocenters. The lowest BCUT2D eigenvalue weighted by Gasteiger charge is -2.34. The van der Waals surface area contributed by atoms with E-state index in [4.69, 9.17) is 5.73 Å². The van der Waals surface area contributed by atoms with Crippen LogP contribution in [0.4, 0.5) is 5.69 Å². The number of carbonyl (C=O) groups excluding carboxylic acids is 2. The van der Waals surface area contributed by atoms with Crippen LogP contribution in [-0.4, -0.2) is 83.3 Å². The van der Waals surface area contributed by atoms with E-state index in [1.165, 1.54) is 16.0 Å². The number of carbonyl (C=O) groups is 2. The maximum Gasteiger partial charge on any atom is 0.265 e. The first-order valence-electron chi connectivity index (χ1n) is 13.5. The molecule has 0 saturated heterocycles. The summed E-state index contributed by atoms with van der Waals surface area (Å²) >= 11 is 6.82. The number of pyridine rings is 1. The smallest absolute Gasteiger partial charge is 0.265 e. The quantitative estimate of drug-likeness (QED) is 0.161. The predicted octanol–water partition coefficient (Wildman–Crippen LogP) is 2.78. The number of nitrogens with one attached hydrogen (secondary N) is 1. The molecule has 4 aliphatic rings. The van der Waals surface area contributed by atoms with Crippen molar-refractivity contribution in [3.8, 4) is 0 Å². The van der Waals surface area contributed by atoms with Crippen LogP contribution in [0.3, 0.4) is 0 Å². The molecule has 1 unspecified atom stereocenters. The summed E-state index contributed by atoms with van der Waals surface area (Å²) < 4.78 is 1.74. The Morgan fingerprint density at radius 1 is 0.953 bits per heavy atom. The highest BCUT2D eigenvalue weighted by Crippen LogP contribution is 2.33. The molecule has 0 aliphatic carbocycles. The molecule has 230 valence electrons. The Morgan fingerprint density at radius 3 is 2.09 bits per heavy atom. The number of fused-ring (bicyclic) bond motifs is 1. The van der Waals surface area contributed by atoms with Crippen molar-refractivity contribution in [2.24, 2.45) is 11.7 Å². The summed E-state index contributed by atoms with van der Waals surface area (Å²) in [4.78, 5) is 35.9. The van der Waals surface area contributed by atoms with Gasteiger partial charge in [0, 0.05) is 47.5 Å². The van der Waals surface area contributed by atoms with Crippen molar-refractivity contribution in [3.63, 3.8) is 0 Å². The lowest BCUT2D eigenvalue weighted by molar-refractivity contribution is 0.0694. The van der Waals surface area contributed by atoms with Crippen LogP contribution in [0.2, 0.25) is 0 Å². The third-order valence-electron chi connectivity index (χ3n) is 7.44. The average molecular weight is 718 g/mol. The number of hydrogen-bond donors (Lipinski definition) is 4. The summed E-state index contributed by atoms with van der Waals surface area (Å²) in [5, 5.41) is 3.34. The minimum atomic E-state index is -0.255. The number of halogens is 2. The van der Waals surface area contributed by atoms with Crippen molar-refractivity contribution >= 4 is 54.9 Å². The van der Waals surface area contributed by atoms with Gasteiger partial charge in [-0.15, -0.1) is 0 Å². The predicted molar refractivity (Wildman–Crippen MR) is 178 cm³/mol. The summed E-state index contributed by atoms with van der Waals surface area (Å²) in [5.74, 6) is 7.49. The number of allylic oxidation sites excluding steroid dienone is 2. The number of amides is 2. The molecule has 0 radical (unpaired) electrons. The lowest BCUT2D eigenvalue weighted by atomic mass is 9.95. The zero-order chi connectivity index (χ0) is 30.4. The maximum atomic E-state index is 12.9. The molecular formula is C30H38Br2N8O3. The molecule has 2 aromatic rings. The van der Waals surface area contributed by atoms with Crippen molar-refractivity contribution in [2.75, 3.05) is 46.0 Å². The minimum Gasteiger partial charge on any atom is -0.412 e. The van der Waals surface area contributed by atoms with Gasteiger partial charge in [0.2, 0.25) is 0 Å². The molecule has 4 aliphatic heterocycles. The largest absolute Gasteiger partial charge is 0.412 e. The molecule has 6 rings (SSSR count). The summed E-state index contributed by atoms with van der Waals surface area (Å²) in [5.41, 5.74) is 11.7. The van der Waals surface area contributed by atoms with E-state index >= 15 is 0 Å². The number of imide groups is 1. The van der Waals surface area contributed by atoms with E-state index in [0.29, 0.717) is 16.8 Å². The van der Waals surface area contributed by atoms with E-state index in [-0.39, 0.29) is 23.3 Å². The van der Waals surface area contributed by atoms with Crippen molar-refractivity contribution < 1.29 is 15.1 Å². The van der Waals surface area contributed by atoms with Gasteiger partial charge in [0.15, 0.2) is 0 Å². The molecular weight excluding hydrogens is 680 g/mol. The number of aromatic nitrogens is 1. The molecule has 1 aromatic heterocycles. The van der Waals surface area contributed by atoms with Crippen LogP contribution < -0.4 is 22.7 Å². The third-order valence-corrected chi connectivity index (χ3v) is 8.33. The third kappa shape index (κ3) is 7.87. The second-order valence-corrected chi connectivity index (χ2v) is 12.1. The Morgan fingerprint density at radius 2 is 1.56 bits per heavy atom. The maximum absolute atomic E-state index is 12.9. The Kier molecular flexibility index (Phi) is 12.4. The van der Waals surface area contributed by atoms with Gasteiger partial charge in [-0.3, -0.25) is 26.3 Å². The van der Waals surface area contributed by atoms with Gasteiger partial charge in [0.1, 0.15) is 0 Å². The number of benzene rings is 1. The van der Waals surface area contributed by atoms with E-state index in [1.807, 2.05) is 18.3 Å². The summed E-state index contributed by atoms with van der Waals surface area (Å²) in [6, 6.07) is 8.72. The number of nitrogen functional groups attached to an aromatic ring is 1. The fourth-order valence-electron chi connectivity index (χ4n) is 5.19. The van der Waals surface area contributed by atoms with Gasteiger partial charge in [0.05, 0.1) is 34.2 Å². The normalized spacial score (nSPS) is 20.0. The van der Waals surface area contributed by atoms with E-state index in [1.54, 1.807) is 30.5 Å². The number of rotatable bonds is 3. The fourth-order valence-corrected chi connectivity index (χ4v) is 5.90. The van der Waals surface area contributed by atoms with E-state index in [2.05, 4.69) is 89.9 Å². The number of dihydropyridines is 1. The monoisotopic (exact) mass is 716 g/mol. The van der Waals surface area contributed by atoms with Gasteiger partial charge in [-0.2, -0.15) is 0 Å². The van der Waals surface area contributed by atoms with Crippen LogP contribution in [0.25, 0.3) is 5.57 Å². The molecule has 2 amide bonds. The zero-order valence-electron chi connectivity index (χ0n) is 24.2. The van der Waals surface area contributed by atoms with Crippen LogP contribution in [0, 0.1) is 0 Å². The van der Waals surface area contributed by atoms with Gasteiger partial charge in [-0.25, -0.2) is 4.90 Å². The van der Waals surface area contributed by atoms with Crippen molar-refractivity contribution in [2.45, 2.75) is 18.9 Å². The topological polar surface area (TPSA) is 178 Å². The fraction of sp³-hybridized carbons (Fsp3) is 0.300. The van der Waals surface area contributed by atoms with Gasteiger partial charge in [0.25, 0.3) is 11.8 Å². The molecule has 0 spiro atoms. The number of anilines is 1. The van der Waals surface area contributed by atoms with Gasteiger partial charge in [-0.1, -0.05) is 24.3 Å². The number of likely N-dealkylation sites (N-methyl/N-ethyl adjacent to an activating group) is 2. The molecule has 0 saturated carbocycles. The SMILES string of the molecule is CN1CC=C(C2NC=C(Br)C=C2N2C(=O)c3ccccc3C2=O)CC1.CN1CC=C(c2ncc(Br)cc2N)CC1.NN.O. The zero-order valence-corrected chi connectivity index (χ0v) is 27.4. The number of nitrogens with two attached hydrogens (primary N) is 3. The van der Waals surface area contributed by atoms with E-state index in [9.17, 15) is 9.59 Å². The molecule has 11 nitrogen and oxygen atoms in total. The average Bonchev–Trinajstić information content (AvgIpc) is 3.25. The van der Waals surface area contributed by atoms with Gasteiger partial charge < -0.3 is 26.3 Å². The van der Waals surface area contributed by atoms with E-state index < -0.39 is 0 Å². The highest BCUT2D eigenvalue weighted by molar-refractivity contribution is 9.12. The Labute approximate surface area is 268 Å². The number of hydrogen-bond acceptors (Lipinski definition) is 9. The second kappa shape index (κ2) is 15.5. The Balaban J connectivity index is 0.000000242. The van der Waals surface area contributed by atoms with Crippen LogP contribution in [0.1, 0.15) is 39.3 Å². The van der Waals surface area contributed by atoms with Crippen LogP contribution in [-0.2, 0) is 0 Å². The van der Waals surface area contributed by atoms with E-state index in [0.717, 1.165) is 59.4 Å². The first-order valence-corrected chi connectivity index (χ1v) is 15.1. The second-order valence-electron chi connectivity index (χ2n) is 10.3. The van der Waals surface area contributed by atoms with Crippen LogP contribution >= 0.6 is 31.9 Å². The summed E-state index contributed by atoms with van der Waals surface area (Å²) in [6.07, 6.45) is 11.8. The van der Waals surface area contributed by atoms with Gasteiger partial charge in [-0.05, 0) is 94.2 Å². The van der Waals surface area contributed by atoms with Crippen LogP contribution in [0.15, 0.2) is 81.2 Å². The molecule has 9 N–H and O–H groups in total. The summed E-state index contributed by atoms with van der Waals surface area (Å²) in [7, 11) is 4.20. The molecule has 13 heteroatoms. The number of hydrazine groups is 1. The first-order chi connectivity index (χ1) is 20.2. The highest BCUT2D eigenvalue weighted by atomic mass is 79.9. The molecule has 0 bridgehead atoms. The van der Waals surface area contributed by atoms with Crippen LogP contribution in [0.5, 0.6) is 0 Å². The molecule has 5 heterocycles.